The summed E-state index contributed by atoms with van der Waals surface area (Å²) in [6, 6.07) is 1.10. The van der Waals surface area contributed by atoms with Crippen LogP contribution >= 0.6 is 22.6 Å². The molecule has 0 aromatic carbocycles. The number of carbonyl (C=O) groups excluding carboxylic acids is 1. The fourth-order valence-electron chi connectivity index (χ4n) is 1.38. The van der Waals surface area contributed by atoms with Crippen molar-refractivity contribution in [3.63, 3.8) is 0 Å². The molecule has 1 aromatic rings. The van der Waals surface area contributed by atoms with Gasteiger partial charge in [-0.15, -0.1) is 13.2 Å². The second-order valence-corrected chi connectivity index (χ2v) is 4.68. The van der Waals surface area contributed by atoms with Crippen molar-refractivity contribution in [1.29, 1.82) is 0 Å². The van der Waals surface area contributed by atoms with Crippen LogP contribution in [0.15, 0.2) is 6.07 Å². The van der Waals surface area contributed by atoms with E-state index in [1.54, 1.807) is 29.5 Å². The monoisotopic (exact) mass is 404 g/mol. The first kappa shape index (κ1) is 17.0. The number of hydrogen-bond acceptors (Lipinski definition) is 5. The summed E-state index contributed by atoms with van der Waals surface area (Å²) in [5, 5.41) is 0. The van der Waals surface area contributed by atoms with Crippen LogP contribution in [0, 0.1) is 3.57 Å². The van der Waals surface area contributed by atoms with Crippen molar-refractivity contribution in [1.82, 2.24) is 4.98 Å². The number of hydrogen-bond donors (Lipinski definition) is 1. The molecule has 0 atom stereocenters. The van der Waals surface area contributed by atoms with Gasteiger partial charge < -0.3 is 15.2 Å². The van der Waals surface area contributed by atoms with Crippen LogP contribution in [0.1, 0.15) is 18.3 Å². The number of halogens is 4. The number of nitrogens with zero attached hydrogens (tertiary/aromatic N) is 1. The molecule has 1 heterocycles. The minimum Gasteiger partial charge on any atom is -0.466 e. The molecule has 20 heavy (non-hydrogen) atoms. The quantitative estimate of drug-likeness (QED) is 0.602. The van der Waals surface area contributed by atoms with Crippen LogP contribution in [0.4, 0.5) is 13.2 Å². The zero-order valence-electron chi connectivity index (χ0n) is 10.5. The number of alkyl halides is 3. The molecule has 112 valence electrons. The van der Waals surface area contributed by atoms with Gasteiger partial charge in [0, 0.05) is 12.6 Å². The fraction of sp³-hybridized carbons (Fsp3) is 0.455. The molecule has 0 fully saturated rings. The van der Waals surface area contributed by atoms with Gasteiger partial charge in [0.1, 0.15) is 5.75 Å². The number of ether oxygens (including phenoxy) is 2. The summed E-state index contributed by atoms with van der Waals surface area (Å²) in [5.41, 5.74) is 5.72. The average Bonchev–Trinajstić information content (AvgIpc) is 2.32. The third kappa shape index (κ3) is 5.12. The van der Waals surface area contributed by atoms with Gasteiger partial charge in [-0.25, -0.2) is 0 Å². The Morgan fingerprint density at radius 1 is 1.50 bits per heavy atom. The topological polar surface area (TPSA) is 74.4 Å². The number of aromatic nitrogens is 1. The van der Waals surface area contributed by atoms with Crippen molar-refractivity contribution < 1.29 is 27.4 Å². The van der Waals surface area contributed by atoms with Gasteiger partial charge in [0.05, 0.1) is 28.0 Å². The number of carbonyl (C=O) groups is 1. The fourth-order valence-corrected chi connectivity index (χ4v) is 1.96. The predicted molar refractivity (Wildman–Crippen MR) is 71.9 cm³/mol. The molecule has 0 aliphatic heterocycles. The van der Waals surface area contributed by atoms with Crippen molar-refractivity contribution in [2.24, 2.45) is 5.73 Å². The third-order valence-electron chi connectivity index (χ3n) is 2.10. The summed E-state index contributed by atoms with van der Waals surface area (Å²) >= 11 is 1.64. The van der Waals surface area contributed by atoms with Crippen molar-refractivity contribution >= 4 is 28.6 Å². The largest absolute Gasteiger partial charge is 0.573 e. The van der Waals surface area contributed by atoms with Crippen LogP contribution in [0.5, 0.6) is 5.75 Å². The molecular formula is C11H12F3IN2O3. The van der Waals surface area contributed by atoms with E-state index in [4.69, 9.17) is 10.5 Å². The highest BCUT2D eigenvalue weighted by molar-refractivity contribution is 14.1. The molecule has 0 bridgehead atoms. The van der Waals surface area contributed by atoms with Gasteiger partial charge in [-0.1, -0.05) is 0 Å². The Bertz CT molecular complexity index is 495. The molecule has 0 radical (unpaired) electrons. The molecule has 5 nitrogen and oxygen atoms in total. The smallest absolute Gasteiger partial charge is 0.466 e. The lowest BCUT2D eigenvalue weighted by Gasteiger charge is -2.14. The van der Waals surface area contributed by atoms with E-state index in [0.29, 0.717) is 0 Å². The Balaban J connectivity index is 3.10. The highest BCUT2D eigenvalue weighted by Crippen LogP contribution is 2.30. The van der Waals surface area contributed by atoms with Gasteiger partial charge in [0.2, 0.25) is 0 Å². The second kappa shape index (κ2) is 7.07. The lowest BCUT2D eigenvalue weighted by atomic mass is 10.2. The van der Waals surface area contributed by atoms with Gasteiger partial charge in [-0.2, -0.15) is 0 Å². The van der Waals surface area contributed by atoms with Crippen molar-refractivity contribution in [3.05, 3.63) is 21.0 Å². The summed E-state index contributed by atoms with van der Waals surface area (Å²) in [6.07, 6.45) is -5.07. The van der Waals surface area contributed by atoms with Crippen LogP contribution in [0.3, 0.4) is 0 Å². The Kier molecular flexibility index (Phi) is 5.99. The molecular weight excluding hydrogens is 392 g/mol. The molecule has 0 saturated heterocycles. The summed E-state index contributed by atoms with van der Waals surface area (Å²) in [7, 11) is 0. The van der Waals surface area contributed by atoms with Crippen molar-refractivity contribution in [3.8, 4) is 5.75 Å². The average molecular weight is 404 g/mol. The molecule has 1 rings (SSSR count). The first-order chi connectivity index (χ1) is 9.26. The van der Waals surface area contributed by atoms with Crippen molar-refractivity contribution in [2.75, 3.05) is 6.61 Å². The van der Waals surface area contributed by atoms with Gasteiger partial charge in [0.15, 0.2) is 0 Å². The van der Waals surface area contributed by atoms with Gasteiger partial charge in [0.25, 0.3) is 0 Å². The molecule has 0 unspecified atom stereocenters. The molecule has 0 saturated carbocycles. The van der Waals surface area contributed by atoms with Gasteiger partial charge in [-0.3, -0.25) is 9.78 Å². The summed E-state index contributed by atoms with van der Waals surface area (Å²) in [5.74, 6) is -1.00. The Labute approximate surface area is 126 Å². The molecule has 0 aliphatic carbocycles. The number of rotatable bonds is 5. The lowest BCUT2D eigenvalue weighted by Crippen LogP contribution is -2.20. The zero-order valence-corrected chi connectivity index (χ0v) is 12.6. The highest BCUT2D eigenvalue weighted by atomic mass is 127. The zero-order chi connectivity index (χ0) is 15.3. The van der Waals surface area contributed by atoms with E-state index in [-0.39, 0.29) is 34.5 Å². The molecule has 0 aliphatic rings. The van der Waals surface area contributed by atoms with E-state index >= 15 is 0 Å². The molecule has 0 spiro atoms. The standard InChI is InChI=1S/C11H12F3IN2O3/c1-2-19-9(18)4-7-10(15)8(20-11(12,13)14)3-6(5-16)17-7/h3H,2,4-5,16H2,1H3. The normalized spacial score (nSPS) is 11.3. The molecule has 9 heteroatoms. The highest BCUT2D eigenvalue weighted by Gasteiger charge is 2.33. The molecule has 0 amide bonds. The maximum absolute atomic E-state index is 12.3. The van der Waals surface area contributed by atoms with Gasteiger partial charge >= 0.3 is 12.3 Å². The SMILES string of the molecule is CCOC(=O)Cc1nc(CN)cc(OC(F)(F)F)c1I. The predicted octanol–water partition coefficient (Wildman–Crippen LogP) is 2.15. The Morgan fingerprint density at radius 3 is 2.65 bits per heavy atom. The first-order valence-electron chi connectivity index (χ1n) is 5.56. The summed E-state index contributed by atoms with van der Waals surface area (Å²) < 4.78 is 45.7. The van der Waals surface area contributed by atoms with Crippen LogP contribution in [-0.2, 0) is 22.5 Å². The van der Waals surface area contributed by atoms with E-state index in [9.17, 15) is 18.0 Å². The maximum Gasteiger partial charge on any atom is 0.573 e. The third-order valence-corrected chi connectivity index (χ3v) is 3.25. The van der Waals surface area contributed by atoms with Gasteiger partial charge in [-0.05, 0) is 29.5 Å². The van der Waals surface area contributed by atoms with E-state index in [1.807, 2.05) is 0 Å². The minimum absolute atomic E-state index is 0.0685. The van der Waals surface area contributed by atoms with E-state index in [2.05, 4.69) is 9.72 Å². The summed E-state index contributed by atoms with van der Waals surface area (Å²) in [6.45, 7) is 1.74. The lowest BCUT2D eigenvalue weighted by molar-refractivity contribution is -0.275. The summed E-state index contributed by atoms with van der Waals surface area (Å²) in [4.78, 5) is 15.4. The number of nitrogens with two attached hydrogens (primary N) is 1. The Hall–Kier alpha value is -1.10. The van der Waals surface area contributed by atoms with Crippen molar-refractivity contribution in [2.45, 2.75) is 26.3 Å². The molecule has 2 N–H and O–H groups in total. The first-order valence-corrected chi connectivity index (χ1v) is 6.64. The Morgan fingerprint density at radius 2 is 2.15 bits per heavy atom. The van der Waals surface area contributed by atoms with E-state index < -0.39 is 18.1 Å². The number of pyridine rings is 1. The van der Waals surface area contributed by atoms with Crippen LogP contribution < -0.4 is 10.5 Å². The van der Waals surface area contributed by atoms with Crippen LogP contribution in [-0.4, -0.2) is 23.9 Å². The van der Waals surface area contributed by atoms with E-state index in [0.717, 1.165) is 6.07 Å². The van der Waals surface area contributed by atoms with Crippen LogP contribution in [0.25, 0.3) is 0 Å². The second-order valence-electron chi connectivity index (χ2n) is 3.61. The molecule has 1 aromatic heterocycles. The van der Waals surface area contributed by atoms with Crippen LogP contribution in [0.2, 0.25) is 0 Å². The maximum atomic E-state index is 12.3. The number of esters is 1. The minimum atomic E-state index is -4.83. The van der Waals surface area contributed by atoms with E-state index in [1.165, 1.54) is 0 Å².